The molecule has 0 atom stereocenters. The van der Waals surface area contributed by atoms with Gasteiger partial charge in [-0.3, -0.25) is 4.68 Å². The number of sulfonamides is 1. The van der Waals surface area contributed by atoms with E-state index in [1.807, 2.05) is 6.92 Å². The van der Waals surface area contributed by atoms with Crippen LogP contribution in [0.1, 0.15) is 25.5 Å². The standard InChI is InChI=1S/C10H17N3O2S/c1-3-13-9(2)10(8-11-13)16(14,15)12-6-4-5-7-12/h8H,3-7H2,1-2H3. The second-order valence-corrected chi connectivity index (χ2v) is 5.93. The first-order chi connectivity index (χ1) is 7.57. The molecule has 0 aromatic carbocycles. The van der Waals surface area contributed by atoms with Crippen LogP contribution in [0.15, 0.2) is 11.1 Å². The maximum absolute atomic E-state index is 12.3. The van der Waals surface area contributed by atoms with Gasteiger partial charge >= 0.3 is 0 Å². The van der Waals surface area contributed by atoms with Crippen molar-refractivity contribution in [2.75, 3.05) is 13.1 Å². The van der Waals surface area contributed by atoms with Crippen molar-refractivity contribution in [3.05, 3.63) is 11.9 Å². The van der Waals surface area contributed by atoms with Crippen molar-refractivity contribution in [3.8, 4) is 0 Å². The average Bonchev–Trinajstić information content (AvgIpc) is 2.85. The predicted octanol–water partition coefficient (Wildman–Crippen LogP) is 0.996. The van der Waals surface area contributed by atoms with Crippen LogP contribution in [-0.2, 0) is 16.6 Å². The molecule has 0 bridgehead atoms. The maximum atomic E-state index is 12.3. The number of nitrogens with zero attached hydrogens (tertiary/aromatic N) is 3. The van der Waals surface area contributed by atoms with E-state index in [2.05, 4.69) is 5.10 Å². The second-order valence-electron chi connectivity index (χ2n) is 4.02. The smallest absolute Gasteiger partial charge is 0.246 e. The van der Waals surface area contributed by atoms with E-state index in [4.69, 9.17) is 0 Å². The fraction of sp³-hybridized carbons (Fsp3) is 0.700. The molecule has 16 heavy (non-hydrogen) atoms. The number of aryl methyl sites for hydroxylation is 1. The van der Waals surface area contributed by atoms with Gasteiger partial charge in [0.25, 0.3) is 0 Å². The normalized spacial score (nSPS) is 18.1. The molecule has 1 aromatic rings. The monoisotopic (exact) mass is 243 g/mol. The van der Waals surface area contributed by atoms with Gasteiger partial charge in [-0.05, 0) is 26.7 Å². The van der Waals surface area contributed by atoms with Crippen LogP contribution in [0.4, 0.5) is 0 Å². The lowest BCUT2D eigenvalue weighted by Crippen LogP contribution is -2.28. The summed E-state index contributed by atoms with van der Waals surface area (Å²) in [5.41, 5.74) is 0.731. The average molecular weight is 243 g/mol. The summed E-state index contributed by atoms with van der Waals surface area (Å²) in [6.07, 6.45) is 3.38. The minimum Gasteiger partial charge on any atom is -0.269 e. The number of hydrogen-bond acceptors (Lipinski definition) is 3. The molecule has 1 aliphatic heterocycles. The summed E-state index contributed by atoms with van der Waals surface area (Å²) in [4.78, 5) is 0.358. The van der Waals surface area contributed by atoms with Crippen LogP contribution >= 0.6 is 0 Å². The zero-order chi connectivity index (χ0) is 11.8. The molecule has 6 heteroatoms. The second kappa shape index (κ2) is 4.18. The Hall–Kier alpha value is -0.880. The molecule has 0 radical (unpaired) electrons. The van der Waals surface area contributed by atoms with E-state index in [-0.39, 0.29) is 0 Å². The highest BCUT2D eigenvalue weighted by molar-refractivity contribution is 7.89. The van der Waals surface area contributed by atoms with Gasteiger partial charge in [-0.1, -0.05) is 0 Å². The third kappa shape index (κ3) is 1.76. The van der Waals surface area contributed by atoms with Gasteiger partial charge in [0.1, 0.15) is 4.90 Å². The van der Waals surface area contributed by atoms with Crippen LogP contribution in [0, 0.1) is 6.92 Å². The molecule has 1 aliphatic rings. The van der Waals surface area contributed by atoms with E-state index < -0.39 is 10.0 Å². The lowest BCUT2D eigenvalue weighted by Gasteiger charge is -2.14. The summed E-state index contributed by atoms with van der Waals surface area (Å²) in [5, 5.41) is 4.08. The first-order valence-electron chi connectivity index (χ1n) is 5.60. The van der Waals surface area contributed by atoms with Gasteiger partial charge in [0.2, 0.25) is 10.0 Å². The fourth-order valence-electron chi connectivity index (χ4n) is 2.07. The Morgan fingerprint density at radius 3 is 2.50 bits per heavy atom. The summed E-state index contributed by atoms with van der Waals surface area (Å²) in [6, 6.07) is 0. The Morgan fingerprint density at radius 1 is 1.38 bits per heavy atom. The summed E-state index contributed by atoms with van der Waals surface area (Å²) < 4.78 is 27.8. The highest BCUT2D eigenvalue weighted by Gasteiger charge is 2.30. The SMILES string of the molecule is CCn1ncc(S(=O)(=O)N2CCCC2)c1C. The Bertz CT molecular complexity index is 472. The van der Waals surface area contributed by atoms with E-state index in [1.165, 1.54) is 6.20 Å². The van der Waals surface area contributed by atoms with Gasteiger partial charge < -0.3 is 0 Å². The van der Waals surface area contributed by atoms with Crippen LogP contribution in [0.5, 0.6) is 0 Å². The van der Waals surface area contributed by atoms with E-state index in [1.54, 1.807) is 15.9 Å². The Labute approximate surface area is 96.1 Å². The van der Waals surface area contributed by atoms with Crippen LogP contribution < -0.4 is 0 Å². The molecule has 5 nitrogen and oxygen atoms in total. The van der Waals surface area contributed by atoms with Crippen LogP contribution in [-0.4, -0.2) is 35.6 Å². The Kier molecular flexibility index (Phi) is 3.03. The van der Waals surface area contributed by atoms with Crippen LogP contribution in [0.2, 0.25) is 0 Å². The van der Waals surface area contributed by atoms with Crippen molar-refractivity contribution < 1.29 is 8.42 Å². The highest BCUT2D eigenvalue weighted by Crippen LogP contribution is 2.23. The molecule has 1 fully saturated rings. The third-order valence-electron chi connectivity index (χ3n) is 3.04. The number of aromatic nitrogens is 2. The Balaban J connectivity index is 2.39. The predicted molar refractivity (Wildman–Crippen MR) is 60.6 cm³/mol. The van der Waals surface area contributed by atoms with E-state index in [0.29, 0.717) is 24.5 Å². The molecule has 90 valence electrons. The van der Waals surface area contributed by atoms with Crippen molar-refractivity contribution in [1.82, 2.24) is 14.1 Å². The zero-order valence-electron chi connectivity index (χ0n) is 9.68. The summed E-state index contributed by atoms with van der Waals surface area (Å²) in [5.74, 6) is 0. The number of hydrogen-bond donors (Lipinski definition) is 0. The van der Waals surface area contributed by atoms with Gasteiger partial charge in [0, 0.05) is 19.6 Å². The van der Waals surface area contributed by atoms with E-state index in [0.717, 1.165) is 18.5 Å². The van der Waals surface area contributed by atoms with Gasteiger partial charge in [0.15, 0.2) is 0 Å². The van der Waals surface area contributed by atoms with Crippen LogP contribution in [0.3, 0.4) is 0 Å². The topological polar surface area (TPSA) is 55.2 Å². The van der Waals surface area contributed by atoms with Crippen molar-refractivity contribution in [2.45, 2.75) is 38.1 Å². The third-order valence-corrected chi connectivity index (χ3v) is 5.04. The van der Waals surface area contributed by atoms with Gasteiger partial charge in [-0.2, -0.15) is 9.40 Å². The molecule has 0 N–H and O–H groups in total. The molecule has 0 spiro atoms. The largest absolute Gasteiger partial charge is 0.269 e. The summed E-state index contributed by atoms with van der Waals surface area (Å²) in [6.45, 7) is 5.73. The molecule has 1 aromatic heterocycles. The minimum absolute atomic E-state index is 0.358. The number of rotatable bonds is 3. The Morgan fingerprint density at radius 2 is 2.00 bits per heavy atom. The molecule has 0 unspecified atom stereocenters. The molecule has 1 saturated heterocycles. The van der Waals surface area contributed by atoms with Crippen LogP contribution in [0.25, 0.3) is 0 Å². The quantitative estimate of drug-likeness (QED) is 0.795. The highest BCUT2D eigenvalue weighted by atomic mass is 32.2. The molecule has 0 aliphatic carbocycles. The molecule has 0 amide bonds. The lowest BCUT2D eigenvalue weighted by molar-refractivity contribution is 0.476. The van der Waals surface area contributed by atoms with Crippen molar-refractivity contribution in [2.24, 2.45) is 0 Å². The summed E-state index contributed by atoms with van der Waals surface area (Å²) in [7, 11) is -3.31. The molecular weight excluding hydrogens is 226 g/mol. The minimum atomic E-state index is -3.31. The fourth-order valence-corrected chi connectivity index (χ4v) is 3.75. The van der Waals surface area contributed by atoms with Gasteiger partial charge in [0.05, 0.1) is 11.9 Å². The van der Waals surface area contributed by atoms with Crippen molar-refractivity contribution in [1.29, 1.82) is 0 Å². The van der Waals surface area contributed by atoms with E-state index >= 15 is 0 Å². The van der Waals surface area contributed by atoms with Gasteiger partial charge in [-0.25, -0.2) is 8.42 Å². The lowest BCUT2D eigenvalue weighted by atomic mass is 10.4. The molecule has 0 saturated carbocycles. The van der Waals surface area contributed by atoms with E-state index in [9.17, 15) is 8.42 Å². The molecule has 2 heterocycles. The maximum Gasteiger partial charge on any atom is 0.246 e. The zero-order valence-corrected chi connectivity index (χ0v) is 10.5. The molecule has 2 rings (SSSR count). The first kappa shape index (κ1) is 11.6. The van der Waals surface area contributed by atoms with Crippen molar-refractivity contribution in [3.63, 3.8) is 0 Å². The molecular formula is C10H17N3O2S. The summed E-state index contributed by atoms with van der Waals surface area (Å²) >= 11 is 0. The van der Waals surface area contributed by atoms with Crippen molar-refractivity contribution >= 4 is 10.0 Å². The van der Waals surface area contributed by atoms with Gasteiger partial charge in [-0.15, -0.1) is 0 Å². The first-order valence-corrected chi connectivity index (χ1v) is 7.04.